The number of nitrogens with zero attached hydrogens (tertiary/aromatic N) is 4. The number of aromatic amines is 1. The van der Waals surface area contributed by atoms with E-state index in [-0.39, 0.29) is 11.8 Å². The van der Waals surface area contributed by atoms with Gasteiger partial charge in [-0.3, -0.25) is 4.79 Å². The summed E-state index contributed by atoms with van der Waals surface area (Å²) in [6.45, 7) is 3.56. The van der Waals surface area contributed by atoms with E-state index in [2.05, 4.69) is 27.5 Å². The Morgan fingerprint density at radius 1 is 1.38 bits per heavy atom. The smallest absolute Gasteiger partial charge is 0.253 e. The number of aromatic nitrogens is 4. The molecule has 3 rings (SSSR count). The summed E-state index contributed by atoms with van der Waals surface area (Å²) >= 11 is 0. The van der Waals surface area contributed by atoms with Crippen LogP contribution in [-0.4, -0.2) is 44.5 Å². The minimum Gasteiger partial charge on any atom is -0.338 e. The van der Waals surface area contributed by atoms with Crippen LogP contribution < -0.4 is 0 Å². The number of tetrazole rings is 1. The summed E-state index contributed by atoms with van der Waals surface area (Å²) < 4.78 is 0. The van der Waals surface area contributed by atoms with Crippen molar-refractivity contribution < 1.29 is 4.79 Å². The summed E-state index contributed by atoms with van der Waals surface area (Å²) in [5.41, 5.74) is 2.00. The van der Waals surface area contributed by atoms with E-state index in [1.165, 1.54) is 5.56 Å². The average Bonchev–Trinajstić information content (AvgIpc) is 3.09. The van der Waals surface area contributed by atoms with Gasteiger partial charge in [-0.2, -0.15) is 5.21 Å². The SMILES string of the molecule is CCc1ccc(C(=O)N2CCC[C@@H](c3nn[nH]n3)C2)cc1. The Bertz CT molecular complexity index is 593. The number of rotatable bonds is 3. The molecule has 1 saturated heterocycles. The zero-order valence-electron chi connectivity index (χ0n) is 12.1. The van der Waals surface area contributed by atoms with Crippen LogP contribution in [0.5, 0.6) is 0 Å². The Morgan fingerprint density at radius 3 is 2.86 bits per heavy atom. The largest absolute Gasteiger partial charge is 0.338 e. The minimum absolute atomic E-state index is 0.0887. The molecule has 6 nitrogen and oxygen atoms in total. The number of hydrogen-bond donors (Lipinski definition) is 1. The van der Waals surface area contributed by atoms with Gasteiger partial charge in [0.1, 0.15) is 0 Å². The molecule has 1 aromatic heterocycles. The minimum atomic E-state index is 0.0887. The molecular weight excluding hydrogens is 266 g/mol. The highest BCUT2D eigenvalue weighted by molar-refractivity contribution is 5.94. The number of hydrogen-bond acceptors (Lipinski definition) is 4. The highest BCUT2D eigenvalue weighted by atomic mass is 16.2. The number of H-pyrrole nitrogens is 1. The number of likely N-dealkylation sites (tertiary alicyclic amines) is 1. The first-order chi connectivity index (χ1) is 10.3. The first-order valence-corrected chi connectivity index (χ1v) is 7.39. The van der Waals surface area contributed by atoms with Crippen LogP contribution in [0.1, 0.15) is 47.4 Å². The fourth-order valence-corrected chi connectivity index (χ4v) is 2.78. The van der Waals surface area contributed by atoms with Crippen LogP contribution in [0, 0.1) is 0 Å². The van der Waals surface area contributed by atoms with Crippen molar-refractivity contribution >= 4 is 5.91 Å². The Kier molecular flexibility index (Phi) is 3.94. The normalized spacial score (nSPS) is 18.7. The monoisotopic (exact) mass is 285 g/mol. The van der Waals surface area contributed by atoms with Crippen molar-refractivity contribution in [1.29, 1.82) is 0 Å². The summed E-state index contributed by atoms with van der Waals surface area (Å²) in [5, 5.41) is 14.2. The topological polar surface area (TPSA) is 74.8 Å². The van der Waals surface area contributed by atoms with Gasteiger partial charge in [-0.15, -0.1) is 10.2 Å². The maximum absolute atomic E-state index is 12.6. The van der Waals surface area contributed by atoms with Crippen molar-refractivity contribution in [3.63, 3.8) is 0 Å². The first-order valence-electron chi connectivity index (χ1n) is 7.39. The number of carbonyl (C=O) groups excluding carboxylic acids is 1. The molecule has 1 atom stereocenters. The van der Waals surface area contributed by atoms with Crippen LogP contribution in [0.4, 0.5) is 0 Å². The van der Waals surface area contributed by atoms with Crippen molar-refractivity contribution in [2.45, 2.75) is 32.1 Å². The van der Waals surface area contributed by atoms with Gasteiger partial charge in [0.2, 0.25) is 0 Å². The van der Waals surface area contributed by atoms with E-state index in [4.69, 9.17) is 0 Å². The molecule has 1 amide bonds. The molecule has 0 bridgehead atoms. The summed E-state index contributed by atoms with van der Waals surface area (Å²) in [4.78, 5) is 14.5. The van der Waals surface area contributed by atoms with Crippen LogP contribution in [0.2, 0.25) is 0 Å². The highest BCUT2D eigenvalue weighted by Crippen LogP contribution is 2.24. The van der Waals surface area contributed by atoms with Gasteiger partial charge in [0.05, 0.1) is 0 Å². The lowest BCUT2D eigenvalue weighted by Crippen LogP contribution is -2.39. The Hall–Kier alpha value is -2.24. The molecule has 0 saturated carbocycles. The van der Waals surface area contributed by atoms with Gasteiger partial charge in [0, 0.05) is 24.6 Å². The van der Waals surface area contributed by atoms with Crippen LogP contribution in [-0.2, 0) is 6.42 Å². The maximum atomic E-state index is 12.6. The van der Waals surface area contributed by atoms with E-state index in [1.54, 1.807) is 0 Å². The number of amides is 1. The van der Waals surface area contributed by atoms with Crippen molar-refractivity contribution in [3.05, 3.63) is 41.2 Å². The second-order valence-corrected chi connectivity index (χ2v) is 5.41. The maximum Gasteiger partial charge on any atom is 0.253 e. The van der Waals surface area contributed by atoms with E-state index in [0.717, 1.165) is 31.4 Å². The zero-order chi connectivity index (χ0) is 14.7. The van der Waals surface area contributed by atoms with Crippen molar-refractivity contribution in [2.75, 3.05) is 13.1 Å². The van der Waals surface area contributed by atoms with Gasteiger partial charge in [-0.25, -0.2) is 0 Å². The lowest BCUT2D eigenvalue weighted by molar-refractivity contribution is 0.0704. The van der Waals surface area contributed by atoms with Crippen molar-refractivity contribution in [1.82, 2.24) is 25.5 Å². The van der Waals surface area contributed by atoms with Crippen LogP contribution in [0.15, 0.2) is 24.3 Å². The van der Waals surface area contributed by atoms with Gasteiger partial charge in [0.25, 0.3) is 5.91 Å². The lowest BCUT2D eigenvalue weighted by atomic mass is 9.96. The van der Waals surface area contributed by atoms with Crippen LogP contribution in [0.3, 0.4) is 0 Å². The predicted molar refractivity (Wildman–Crippen MR) is 77.9 cm³/mol. The standard InChI is InChI=1S/C15H19N5O/c1-2-11-5-7-12(8-6-11)15(21)20-9-3-4-13(10-20)14-16-18-19-17-14/h5-8,13H,2-4,9-10H2,1H3,(H,16,17,18,19)/t13-/m1/s1. The van der Waals surface area contributed by atoms with Gasteiger partial charge in [-0.1, -0.05) is 24.3 Å². The average molecular weight is 285 g/mol. The molecular formula is C15H19N5O. The van der Waals surface area contributed by atoms with Crippen LogP contribution >= 0.6 is 0 Å². The van der Waals surface area contributed by atoms with Gasteiger partial charge < -0.3 is 4.90 Å². The first kappa shape index (κ1) is 13.7. The van der Waals surface area contributed by atoms with Crippen molar-refractivity contribution in [2.24, 2.45) is 0 Å². The van der Waals surface area contributed by atoms with Gasteiger partial charge in [0.15, 0.2) is 5.82 Å². The predicted octanol–water partition coefficient (Wildman–Crippen LogP) is 1.78. The molecule has 2 heterocycles. The fourth-order valence-electron chi connectivity index (χ4n) is 2.78. The van der Waals surface area contributed by atoms with E-state index in [9.17, 15) is 4.79 Å². The summed E-state index contributed by atoms with van der Waals surface area (Å²) in [5.74, 6) is 0.969. The second kappa shape index (κ2) is 6.03. The molecule has 0 radical (unpaired) electrons. The molecule has 110 valence electrons. The molecule has 0 spiro atoms. The number of aryl methyl sites for hydroxylation is 1. The fraction of sp³-hybridized carbons (Fsp3) is 0.467. The molecule has 21 heavy (non-hydrogen) atoms. The van der Waals surface area contributed by atoms with E-state index in [0.29, 0.717) is 12.4 Å². The molecule has 2 aromatic rings. The third-order valence-electron chi connectivity index (χ3n) is 4.04. The molecule has 1 aliphatic heterocycles. The van der Waals surface area contributed by atoms with Gasteiger partial charge >= 0.3 is 0 Å². The van der Waals surface area contributed by atoms with E-state index >= 15 is 0 Å². The molecule has 1 aromatic carbocycles. The highest BCUT2D eigenvalue weighted by Gasteiger charge is 2.27. The third kappa shape index (κ3) is 2.94. The molecule has 1 N–H and O–H groups in total. The summed E-state index contributed by atoms with van der Waals surface area (Å²) in [6, 6.07) is 7.87. The Morgan fingerprint density at radius 2 is 2.19 bits per heavy atom. The zero-order valence-corrected chi connectivity index (χ0v) is 12.1. The van der Waals surface area contributed by atoms with E-state index < -0.39 is 0 Å². The Balaban J connectivity index is 1.71. The number of nitrogens with one attached hydrogen (secondary N) is 1. The summed E-state index contributed by atoms with van der Waals surface area (Å²) in [6.07, 6.45) is 2.95. The Labute approximate surface area is 123 Å². The lowest BCUT2D eigenvalue weighted by Gasteiger charge is -2.31. The van der Waals surface area contributed by atoms with Crippen molar-refractivity contribution in [3.8, 4) is 0 Å². The number of piperidine rings is 1. The molecule has 6 heteroatoms. The molecule has 1 fully saturated rings. The molecule has 0 aliphatic carbocycles. The summed E-state index contributed by atoms with van der Waals surface area (Å²) in [7, 11) is 0. The number of carbonyl (C=O) groups is 1. The third-order valence-corrected chi connectivity index (χ3v) is 4.04. The van der Waals surface area contributed by atoms with E-state index in [1.807, 2.05) is 29.2 Å². The second-order valence-electron chi connectivity index (χ2n) is 5.41. The van der Waals surface area contributed by atoms with Gasteiger partial charge in [-0.05, 0) is 37.0 Å². The van der Waals surface area contributed by atoms with Crippen LogP contribution in [0.25, 0.3) is 0 Å². The number of benzene rings is 1. The molecule has 1 aliphatic rings. The molecule has 0 unspecified atom stereocenters. The quantitative estimate of drug-likeness (QED) is 0.932.